The molecular weight excluding hydrogens is 219 g/mol. The second-order valence-corrected chi connectivity index (χ2v) is 1.34. The van der Waals surface area contributed by atoms with Crippen molar-refractivity contribution in [2.24, 2.45) is 0 Å². The van der Waals surface area contributed by atoms with Crippen molar-refractivity contribution in [2.75, 3.05) is 0 Å². The molecule has 0 aliphatic carbocycles. The van der Waals surface area contributed by atoms with Crippen LogP contribution in [0.25, 0.3) is 0 Å². The molecule has 0 radical (unpaired) electrons. The van der Waals surface area contributed by atoms with Crippen molar-refractivity contribution in [1.82, 2.24) is 0 Å². The Balaban J connectivity index is 0. The first kappa shape index (κ1) is 13.3. The molecule has 51 valence electrons. The van der Waals surface area contributed by atoms with Crippen LogP contribution in [0.5, 0.6) is 5.75 Å². The van der Waals surface area contributed by atoms with E-state index in [0.717, 1.165) is 0 Å². The molecule has 4 heteroatoms. The molecule has 0 amide bonds. The van der Waals surface area contributed by atoms with Crippen LogP contribution in [0.4, 0.5) is 0 Å². The number of aromatic hydroxyl groups is 1. The van der Waals surface area contributed by atoms with Crippen molar-refractivity contribution in [3.63, 3.8) is 0 Å². The van der Waals surface area contributed by atoms with Crippen LogP contribution in [0.1, 0.15) is 0 Å². The topological polar surface area (TPSA) is 20.2 Å². The summed E-state index contributed by atoms with van der Waals surface area (Å²) in [4.78, 5) is 0. The molecule has 0 unspecified atom stereocenters. The van der Waals surface area contributed by atoms with Crippen LogP contribution in [-0.2, 0) is 41.1 Å². The monoisotopic (exact) mass is 225 g/mol. The third-order valence-corrected chi connectivity index (χ3v) is 0.756. The standard InChI is InChI=1S/C6H6O.ClH.2Ti/c7-6-4-2-1-3-5-6;;;/h1-5,7H;1H;;/q;;;+1/p-1. The molecule has 1 rings (SSSR count). The Morgan fingerprint density at radius 3 is 1.70 bits per heavy atom. The molecule has 0 spiro atoms. The number of hydrogen-bond donors (Lipinski definition) is 1. The van der Waals surface area contributed by atoms with Crippen LogP contribution in [0.2, 0.25) is 0 Å². The Hall–Kier alpha value is 0.739. The first-order valence-electron chi connectivity index (χ1n) is 2.32. The van der Waals surface area contributed by atoms with E-state index in [9.17, 15) is 0 Å². The number of para-hydroxylation sites is 1. The van der Waals surface area contributed by atoms with E-state index in [1.54, 1.807) is 24.3 Å². The molecule has 1 N–H and O–H groups in total. The average molecular weight is 225 g/mol. The fourth-order valence-corrected chi connectivity index (χ4v) is 0.428. The summed E-state index contributed by atoms with van der Waals surface area (Å²) in [6.45, 7) is 0. The first-order valence-corrected chi connectivity index (χ1v) is 4.47. The Labute approximate surface area is 90.9 Å². The minimum Gasteiger partial charge on any atom is 0 e. The first-order chi connectivity index (χ1) is 4.39. The summed E-state index contributed by atoms with van der Waals surface area (Å²) in [7, 11) is 4.64. The van der Waals surface area contributed by atoms with E-state index in [0.29, 0.717) is 5.75 Å². The van der Waals surface area contributed by atoms with Crippen molar-refractivity contribution in [3.05, 3.63) is 30.3 Å². The molecule has 0 aliphatic rings. The molecule has 0 aromatic heterocycles. The quantitative estimate of drug-likeness (QED) is 0.670. The van der Waals surface area contributed by atoms with Gasteiger partial charge in [-0.25, -0.2) is 0 Å². The molecule has 0 saturated heterocycles. The summed E-state index contributed by atoms with van der Waals surface area (Å²) < 4.78 is 0. The van der Waals surface area contributed by atoms with Gasteiger partial charge in [-0.15, -0.1) is 0 Å². The number of halogens is 1. The van der Waals surface area contributed by atoms with Gasteiger partial charge in [0.05, 0.1) is 0 Å². The average Bonchev–Trinajstić information content (AvgIpc) is 1.94. The third kappa shape index (κ3) is 6.85. The SMILES string of the molecule is Oc1ccccc1.[Cl][Ti].[Ti]. The number of phenols is 1. The van der Waals surface area contributed by atoms with Gasteiger partial charge in [0.15, 0.2) is 0 Å². The van der Waals surface area contributed by atoms with E-state index in [1.807, 2.05) is 6.07 Å². The van der Waals surface area contributed by atoms with Gasteiger partial charge in [0, 0.05) is 21.7 Å². The van der Waals surface area contributed by atoms with Crippen molar-refractivity contribution in [3.8, 4) is 5.75 Å². The van der Waals surface area contributed by atoms with Gasteiger partial charge in [-0.3, -0.25) is 0 Å². The normalized spacial score (nSPS) is 6.40. The summed E-state index contributed by atoms with van der Waals surface area (Å²) in [6.07, 6.45) is 0. The Bertz CT molecular complexity index is 146. The summed E-state index contributed by atoms with van der Waals surface area (Å²) in [5, 5.41) is 8.63. The molecule has 0 fully saturated rings. The summed E-state index contributed by atoms with van der Waals surface area (Å²) in [5.41, 5.74) is 0. The van der Waals surface area contributed by atoms with Crippen molar-refractivity contribution in [1.29, 1.82) is 0 Å². The Kier molecular flexibility index (Phi) is 13.0. The molecular formula is C6H6ClOTi2. The van der Waals surface area contributed by atoms with E-state index < -0.39 is 0 Å². The largest absolute Gasteiger partial charge is 0 e. The Morgan fingerprint density at radius 2 is 1.50 bits per heavy atom. The van der Waals surface area contributed by atoms with E-state index in [4.69, 9.17) is 5.11 Å². The summed E-state index contributed by atoms with van der Waals surface area (Å²) >= 11 is 1.47. The van der Waals surface area contributed by atoms with E-state index in [1.165, 1.54) is 19.4 Å². The predicted octanol–water partition coefficient (Wildman–Crippen LogP) is 2.08. The summed E-state index contributed by atoms with van der Waals surface area (Å²) in [6, 6.07) is 8.71. The number of phenolic OH excluding ortho intramolecular Hbond substituents is 1. The Morgan fingerprint density at radius 1 is 1.10 bits per heavy atom. The number of rotatable bonds is 0. The number of benzene rings is 1. The molecule has 0 heterocycles. The van der Waals surface area contributed by atoms with Crippen LogP contribution in [-0.4, -0.2) is 5.11 Å². The zero-order chi connectivity index (χ0) is 7.11. The van der Waals surface area contributed by atoms with Crippen LogP contribution >= 0.6 is 9.30 Å². The second-order valence-electron chi connectivity index (χ2n) is 1.34. The van der Waals surface area contributed by atoms with E-state index >= 15 is 0 Å². The number of hydrogen-bond acceptors (Lipinski definition) is 1. The van der Waals surface area contributed by atoms with Gasteiger partial charge in [-0.2, -0.15) is 0 Å². The van der Waals surface area contributed by atoms with Crippen molar-refractivity contribution >= 4 is 9.30 Å². The van der Waals surface area contributed by atoms with Gasteiger partial charge in [-0.05, 0) is 12.1 Å². The molecule has 1 aromatic rings. The molecule has 1 nitrogen and oxygen atoms in total. The molecule has 0 saturated carbocycles. The molecule has 1 aromatic carbocycles. The van der Waals surface area contributed by atoms with Gasteiger partial charge in [0.1, 0.15) is 5.75 Å². The van der Waals surface area contributed by atoms with Gasteiger partial charge in [-0.1, -0.05) is 18.2 Å². The van der Waals surface area contributed by atoms with Crippen LogP contribution in [0.3, 0.4) is 0 Å². The molecule has 0 aliphatic heterocycles. The molecule has 10 heavy (non-hydrogen) atoms. The van der Waals surface area contributed by atoms with Gasteiger partial charge >= 0.3 is 28.7 Å². The minimum absolute atomic E-state index is 0. The predicted molar refractivity (Wildman–Crippen MR) is 34.0 cm³/mol. The van der Waals surface area contributed by atoms with E-state index in [-0.39, 0.29) is 21.7 Å². The fourth-order valence-electron chi connectivity index (χ4n) is 0.428. The van der Waals surface area contributed by atoms with Crippen LogP contribution < -0.4 is 0 Å². The fraction of sp³-hybridized carbons (Fsp3) is 0. The molecule has 0 bridgehead atoms. The zero-order valence-electron chi connectivity index (χ0n) is 5.21. The zero-order valence-corrected chi connectivity index (χ0v) is 9.09. The van der Waals surface area contributed by atoms with Gasteiger partial charge < -0.3 is 5.11 Å². The maximum atomic E-state index is 8.63. The maximum Gasteiger partial charge on any atom is 0 e. The van der Waals surface area contributed by atoms with Crippen LogP contribution in [0, 0.1) is 0 Å². The van der Waals surface area contributed by atoms with E-state index in [2.05, 4.69) is 9.30 Å². The van der Waals surface area contributed by atoms with Crippen molar-refractivity contribution < 1.29 is 46.2 Å². The smallest absolute Gasteiger partial charge is 0 e. The van der Waals surface area contributed by atoms with Gasteiger partial charge in [0.25, 0.3) is 0 Å². The van der Waals surface area contributed by atoms with Crippen LogP contribution in [0.15, 0.2) is 30.3 Å². The third-order valence-electron chi connectivity index (χ3n) is 0.756. The maximum absolute atomic E-state index is 8.63. The van der Waals surface area contributed by atoms with Gasteiger partial charge in [0.2, 0.25) is 0 Å². The summed E-state index contributed by atoms with van der Waals surface area (Å²) in [5.74, 6) is 0.322. The second kappa shape index (κ2) is 9.74. The minimum atomic E-state index is 0. The molecule has 0 atom stereocenters. The van der Waals surface area contributed by atoms with Crippen molar-refractivity contribution in [2.45, 2.75) is 0 Å².